The molecule has 2 unspecified atom stereocenters. The molecule has 2 aromatic rings. The average molecular weight is 429 g/mol. The molecule has 0 aromatic heterocycles. The van der Waals surface area contributed by atoms with Crippen molar-refractivity contribution in [2.75, 3.05) is 13.2 Å². The highest BCUT2D eigenvalue weighted by Crippen LogP contribution is 2.31. The van der Waals surface area contributed by atoms with Crippen LogP contribution in [0.4, 0.5) is 4.79 Å². The Kier molecular flexibility index (Phi) is 7.31. The second-order valence-electron chi connectivity index (χ2n) is 6.86. The van der Waals surface area contributed by atoms with Crippen molar-refractivity contribution in [1.82, 2.24) is 5.32 Å². The van der Waals surface area contributed by atoms with Gasteiger partial charge in [0.1, 0.15) is 19.8 Å². The zero-order valence-electron chi connectivity index (χ0n) is 16.9. The van der Waals surface area contributed by atoms with Crippen molar-refractivity contribution in [1.29, 1.82) is 0 Å². The lowest BCUT2D eigenvalue weighted by atomic mass is 10.0. The van der Waals surface area contributed by atoms with Crippen LogP contribution in [0.15, 0.2) is 48.5 Å². The molecule has 2 N–H and O–H groups in total. The van der Waals surface area contributed by atoms with Crippen molar-refractivity contribution in [3.63, 3.8) is 0 Å². The third-order valence-corrected chi connectivity index (χ3v) is 4.48. The first-order valence-corrected chi connectivity index (χ1v) is 9.68. The maximum Gasteiger partial charge on any atom is 0.407 e. The van der Waals surface area contributed by atoms with Crippen molar-refractivity contribution in [2.24, 2.45) is 0 Å². The van der Waals surface area contributed by atoms with Crippen molar-refractivity contribution < 1.29 is 38.4 Å². The van der Waals surface area contributed by atoms with E-state index in [1.807, 2.05) is 18.2 Å². The number of aliphatic carboxylic acids is 1. The summed E-state index contributed by atoms with van der Waals surface area (Å²) < 4.78 is 21.2. The number of nitrogens with one attached hydrogen (secondary N) is 1. The van der Waals surface area contributed by atoms with Gasteiger partial charge in [-0.05, 0) is 29.7 Å². The van der Waals surface area contributed by atoms with E-state index in [2.05, 4.69) is 5.32 Å². The number of fused-ring (bicyclic) bond motifs is 1. The molecule has 0 fully saturated rings. The third-order valence-electron chi connectivity index (χ3n) is 4.48. The highest BCUT2D eigenvalue weighted by molar-refractivity contribution is 5.79. The fraction of sp³-hybridized carbons (Fsp3) is 0.318. The van der Waals surface area contributed by atoms with E-state index in [0.29, 0.717) is 30.3 Å². The van der Waals surface area contributed by atoms with E-state index in [9.17, 15) is 19.5 Å². The van der Waals surface area contributed by atoms with Crippen LogP contribution in [0.5, 0.6) is 11.5 Å². The minimum Gasteiger partial charge on any atom is -0.486 e. The van der Waals surface area contributed by atoms with E-state index in [4.69, 9.17) is 18.9 Å². The molecule has 1 aliphatic rings. The first-order valence-electron chi connectivity index (χ1n) is 9.68. The van der Waals surface area contributed by atoms with Gasteiger partial charge < -0.3 is 29.4 Å². The van der Waals surface area contributed by atoms with E-state index >= 15 is 0 Å². The van der Waals surface area contributed by atoms with E-state index in [1.165, 1.54) is 0 Å². The summed E-state index contributed by atoms with van der Waals surface area (Å²) in [4.78, 5) is 35.5. The molecule has 1 heterocycles. The molecule has 0 spiro atoms. The summed E-state index contributed by atoms with van der Waals surface area (Å²) in [5.41, 5.74) is 1.44. The predicted octanol–water partition coefficient (Wildman–Crippen LogP) is 2.31. The molecular weight excluding hydrogens is 406 g/mol. The summed E-state index contributed by atoms with van der Waals surface area (Å²) in [7, 11) is 0. The van der Waals surface area contributed by atoms with E-state index < -0.39 is 30.2 Å². The van der Waals surface area contributed by atoms with Gasteiger partial charge in [-0.15, -0.1) is 0 Å². The molecule has 0 saturated heterocycles. The minimum absolute atomic E-state index is 0.00865. The number of alkyl carbamates (subject to hydrolysis) is 1. The Balaban J connectivity index is 1.74. The Bertz CT molecular complexity index is 930. The van der Waals surface area contributed by atoms with Crippen molar-refractivity contribution in [3.05, 3.63) is 59.7 Å². The second kappa shape index (κ2) is 10.3. The normalized spacial score (nSPS) is 14.1. The monoisotopic (exact) mass is 429 g/mol. The number of amides is 1. The number of carboxylic acids is 1. The molecule has 0 bridgehead atoms. The number of carbonyl (C=O) groups is 3. The van der Waals surface area contributed by atoms with Gasteiger partial charge in [0.05, 0.1) is 6.04 Å². The fourth-order valence-corrected chi connectivity index (χ4v) is 3.10. The lowest BCUT2D eigenvalue weighted by molar-refractivity contribution is -0.164. The smallest absolute Gasteiger partial charge is 0.407 e. The number of hydrogen-bond donors (Lipinski definition) is 2. The van der Waals surface area contributed by atoms with Crippen LogP contribution >= 0.6 is 0 Å². The van der Waals surface area contributed by atoms with Gasteiger partial charge in [-0.25, -0.2) is 9.59 Å². The lowest BCUT2D eigenvalue weighted by Crippen LogP contribution is -2.50. The van der Waals surface area contributed by atoms with Crippen LogP contribution in [0, 0.1) is 0 Å². The van der Waals surface area contributed by atoms with Gasteiger partial charge in [0, 0.05) is 6.92 Å². The van der Waals surface area contributed by atoms with Crippen molar-refractivity contribution in [3.8, 4) is 11.5 Å². The lowest BCUT2D eigenvalue weighted by Gasteiger charge is -2.25. The molecule has 3 rings (SSSR count). The summed E-state index contributed by atoms with van der Waals surface area (Å²) >= 11 is 0. The van der Waals surface area contributed by atoms with Crippen LogP contribution in [-0.4, -0.2) is 48.5 Å². The summed E-state index contributed by atoms with van der Waals surface area (Å²) in [5, 5.41) is 12.1. The molecule has 2 atom stereocenters. The number of ether oxygens (including phenoxy) is 4. The van der Waals surface area contributed by atoms with Crippen LogP contribution < -0.4 is 14.8 Å². The fourth-order valence-electron chi connectivity index (χ4n) is 3.10. The minimum atomic E-state index is -1.60. The molecule has 2 aromatic carbocycles. The molecule has 1 amide bonds. The second-order valence-corrected chi connectivity index (χ2v) is 6.86. The molecule has 0 aliphatic carbocycles. The van der Waals surface area contributed by atoms with Crippen molar-refractivity contribution in [2.45, 2.75) is 32.1 Å². The zero-order chi connectivity index (χ0) is 22.2. The predicted molar refractivity (Wildman–Crippen MR) is 108 cm³/mol. The van der Waals surface area contributed by atoms with Crippen LogP contribution in [0.2, 0.25) is 0 Å². The number of hydrogen-bond acceptors (Lipinski definition) is 7. The van der Waals surface area contributed by atoms with Crippen LogP contribution in [0.1, 0.15) is 18.1 Å². The Morgan fingerprint density at radius 2 is 1.74 bits per heavy atom. The maximum absolute atomic E-state index is 12.4. The molecule has 9 nitrogen and oxygen atoms in total. The largest absolute Gasteiger partial charge is 0.486 e. The maximum atomic E-state index is 12.4. The number of carbonyl (C=O) groups excluding carboxylic acids is 2. The Morgan fingerprint density at radius 3 is 2.42 bits per heavy atom. The van der Waals surface area contributed by atoms with Gasteiger partial charge >= 0.3 is 18.0 Å². The molecule has 9 heteroatoms. The van der Waals surface area contributed by atoms with Gasteiger partial charge in [-0.3, -0.25) is 4.79 Å². The van der Waals surface area contributed by atoms with Crippen LogP contribution in [0.3, 0.4) is 0 Å². The Hall–Kier alpha value is -3.75. The molecule has 164 valence electrons. The number of esters is 1. The van der Waals surface area contributed by atoms with Crippen LogP contribution in [0.25, 0.3) is 0 Å². The van der Waals surface area contributed by atoms with Gasteiger partial charge in [-0.2, -0.15) is 0 Å². The first kappa shape index (κ1) is 21.9. The van der Waals surface area contributed by atoms with Gasteiger partial charge in [0.25, 0.3) is 0 Å². The summed E-state index contributed by atoms with van der Waals surface area (Å²) in [5.74, 6) is -1.06. The quantitative estimate of drug-likeness (QED) is 0.614. The van der Waals surface area contributed by atoms with Gasteiger partial charge in [0.15, 0.2) is 11.5 Å². The first-order chi connectivity index (χ1) is 14.9. The Labute approximate surface area is 178 Å². The molecular formula is C22H23NO8. The average Bonchev–Trinajstić information content (AvgIpc) is 2.76. The summed E-state index contributed by atoms with van der Waals surface area (Å²) in [6.07, 6.45) is -2.37. The number of benzene rings is 2. The molecule has 0 radical (unpaired) electrons. The van der Waals surface area contributed by atoms with Crippen LogP contribution in [-0.2, 0) is 32.1 Å². The van der Waals surface area contributed by atoms with Crippen molar-refractivity contribution >= 4 is 18.0 Å². The Morgan fingerprint density at radius 1 is 1.03 bits per heavy atom. The van der Waals surface area contributed by atoms with E-state index in [1.54, 1.807) is 30.3 Å². The molecule has 0 saturated carbocycles. The third kappa shape index (κ3) is 6.36. The zero-order valence-corrected chi connectivity index (χ0v) is 16.9. The number of rotatable bonds is 8. The molecule has 31 heavy (non-hydrogen) atoms. The van der Waals surface area contributed by atoms with Gasteiger partial charge in [0.2, 0.25) is 6.10 Å². The number of carboxylic acid groups (broad SMARTS) is 1. The summed E-state index contributed by atoms with van der Waals surface area (Å²) in [6.45, 7) is 1.95. The molecule has 1 aliphatic heterocycles. The highest BCUT2D eigenvalue weighted by Gasteiger charge is 2.33. The van der Waals surface area contributed by atoms with E-state index in [-0.39, 0.29) is 13.0 Å². The van der Waals surface area contributed by atoms with E-state index in [0.717, 1.165) is 12.5 Å². The highest BCUT2D eigenvalue weighted by atomic mass is 16.6. The topological polar surface area (TPSA) is 120 Å². The SMILES string of the molecule is CC(=O)OC(C(=O)O)C(Cc1ccc2c(c1)OCCO2)NC(=O)OCc1ccccc1. The van der Waals surface area contributed by atoms with Gasteiger partial charge in [-0.1, -0.05) is 36.4 Å². The summed E-state index contributed by atoms with van der Waals surface area (Å²) in [6, 6.07) is 13.1. The standard InChI is InChI=1S/C22H23NO8/c1-14(24)31-20(21(25)26)17(23-22(27)30-13-15-5-3-2-4-6-15)11-16-7-8-18-19(12-16)29-10-9-28-18/h2-8,12,17,20H,9-11,13H2,1H3,(H,23,27)(H,25,26).